The highest BCUT2D eigenvalue weighted by Gasteiger charge is 2.26. The number of hydrogen-bond acceptors (Lipinski definition) is 4. The normalized spacial score (nSPS) is 19.8. The monoisotopic (exact) mass is 342 g/mol. The summed E-state index contributed by atoms with van der Waals surface area (Å²) in [6, 6.07) is 4.96. The molecular formula is C13H15BrN2O4. The minimum atomic E-state index is -0.792. The summed E-state index contributed by atoms with van der Waals surface area (Å²) >= 11 is 3.22. The summed E-state index contributed by atoms with van der Waals surface area (Å²) in [7, 11) is 0. The van der Waals surface area contributed by atoms with Crippen LogP contribution < -0.4 is 0 Å². The van der Waals surface area contributed by atoms with E-state index >= 15 is 0 Å². The zero-order valence-corrected chi connectivity index (χ0v) is 12.4. The van der Waals surface area contributed by atoms with Crippen molar-refractivity contribution in [1.29, 1.82) is 0 Å². The fourth-order valence-electron chi connectivity index (χ4n) is 2.48. The van der Waals surface area contributed by atoms with E-state index in [0.717, 1.165) is 13.0 Å². The standard InChI is InChI=1S/C13H15BrN2O4/c14-11-4-3-9(12(6-11)16(19)20)7-15-5-1-2-10(8-15)13(17)18/h3-4,6,10H,1-2,5,7-8H2,(H,17,18). The van der Waals surface area contributed by atoms with Crippen molar-refractivity contribution in [2.75, 3.05) is 13.1 Å². The van der Waals surface area contributed by atoms with Crippen molar-refractivity contribution >= 4 is 27.6 Å². The Morgan fingerprint density at radius 2 is 2.30 bits per heavy atom. The Bertz CT molecular complexity index is 535. The highest BCUT2D eigenvalue weighted by atomic mass is 79.9. The number of likely N-dealkylation sites (tertiary alicyclic amines) is 1. The van der Waals surface area contributed by atoms with Gasteiger partial charge in [0, 0.05) is 29.2 Å². The first-order chi connectivity index (χ1) is 9.47. The largest absolute Gasteiger partial charge is 0.481 e. The first-order valence-electron chi connectivity index (χ1n) is 6.35. The minimum absolute atomic E-state index is 0.0665. The summed E-state index contributed by atoms with van der Waals surface area (Å²) in [5.74, 6) is -1.17. The molecule has 0 spiro atoms. The number of rotatable bonds is 4. The fraction of sp³-hybridized carbons (Fsp3) is 0.462. The number of hydrogen-bond donors (Lipinski definition) is 1. The molecule has 6 nitrogen and oxygen atoms in total. The molecule has 2 rings (SSSR count). The number of aliphatic carboxylic acids is 1. The molecule has 1 aromatic carbocycles. The molecule has 0 radical (unpaired) electrons. The van der Waals surface area contributed by atoms with E-state index in [2.05, 4.69) is 15.9 Å². The van der Waals surface area contributed by atoms with Gasteiger partial charge in [0.2, 0.25) is 0 Å². The van der Waals surface area contributed by atoms with Crippen LogP contribution in [0.4, 0.5) is 5.69 Å². The van der Waals surface area contributed by atoms with Crippen molar-refractivity contribution in [3.8, 4) is 0 Å². The van der Waals surface area contributed by atoms with Crippen LogP contribution in [0, 0.1) is 16.0 Å². The molecule has 0 bridgehead atoms. The van der Waals surface area contributed by atoms with Gasteiger partial charge in [0.1, 0.15) is 0 Å². The molecule has 108 valence electrons. The molecule has 1 fully saturated rings. The summed E-state index contributed by atoms with van der Waals surface area (Å²) in [6.45, 7) is 1.63. The van der Waals surface area contributed by atoms with E-state index in [0.29, 0.717) is 29.5 Å². The van der Waals surface area contributed by atoms with Gasteiger partial charge in [-0.05, 0) is 31.5 Å². The number of nitro groups is 1. The van der Waals surface area contributed by atoms with E-state index < -0.39 is 10.9 Å². The SMILES string of the molecule is O=C(O)C1CCCN(Cc2ccc(Br)cc2[N+](=O)[O-])C1. The summed E-state index contributed by atoms with van der Waals surface area (Å²) < 4.78 is 0.662. The maximum Gasteiger partial charge on any atom is 0.307 e. The smallest absolute Gasteiger partial charge is 0.307 e. The molecule has 1 aromatic rings. The zero-order valence-electron chi connectivity index (χ0n) is 10.8. The maximum absolute atomic E-state index is 11.1. The quantitative estimate of drug-likeness (QED) is 0.671. The highest BCUT2D eigenvalue weighted by Crippen LogP contribution is 2.26. The first-order valence-corrected chi connectivity index (χ1v) is 7.14. The molecule has 1 unspecified atom stereocenters. The lowest BCUT2D eigenvalue weighted by atomic mass is 9.98. The molecule has 1 aliphatic rings. The number of carbonyl (C=O) groups is 1. The Labute approximate surface area is 124 Å². The number of carboxylic acids is 1. The van der Waals surface area contributed by atoms with Crippen LogP contribution in [0.1, 0.15) is 18.4 Å². The van der Waals surface area contributed by atoms with Gasteiger partial charge < -0.3 is 5.11 Å². The molecule has 7 heteroatoms. The summed E-state index contributed by atoms with van der Waals surface area (Å²) in [6.07, 6.45) is 1.48. The van der Waals surface area contributed by atoms with Gasteiger partial charge in [-0.25, -0.2) is 0 Å². The van der Waals surface area contributed by atoms with Gasteiger partial charge in [0.25, 0.3) is 5.69 Å². The van der Waals surface area contributed by atoms with E-state index in [4.69, 9.17) is 5.11 Å². The van der Waals surface area contributed by atoms with Crippen molar-refractivity contribution in [2.24, 2.45) is 5.92 Å². The van der Waals surface area contributed by atoms with Crippen LogP contribution in [0.25, 0.3) is 0 Å². The topological polar surface area (TPSA) is 83.7 Å². The number of piperidine rings is 1. The van der Waals surface area contributed by atoms with Crippen LogP contribution in [0.2, 0.25) is 0 Å². The first kappa shape index (κ1) is 14.9. The Morgan fingerprint density at radius 3 is 2.95 bits per heavy atom. The number of nitrogens with zero attached hydrogens (tertiary/aromatic N) is 2. The van der Waals surface area contributed by atoms with E-state index in [1.165, 1.54) is 6.07 Å². The molecule has 1 atom stereocenters. The van der Waals surface area contributed by atoms with Crippen LogP contribution in [-0.2, 0) is 11.3 Å². The molecule has 0 aliphatic carbocycles. The average molecular weight is 343 g/mol. The van der Waals surface area contributed by atoms with Gasteiger partial charge in [-0.2, -0.15) is 0 Å². The second-order valence-electron chi connectivity index (χ2n) is 4.94. The predicted molar refractivity (Wildman–Crippen MR) is 76.4 cm³/mol. The average Bonchev–Trinajstić information content (AvgIpc) is 2.41. The molecule has 1 heterocycles. The zero-order chi connectivity index (χ0) is 14.7. The summed E-state index contributed by atoms with van der Waals surface area (Å²) in [5, 5.41) is 20.1. The molecule has 1 N–H and O–H groups in total. The minimum Gasteiger partial charge on any atom is -0.481 e. The maximum atomic E-state index is 11.1. The lowest BCUT2D eigenvalue weighted by Gasteiger charge is -2.30. The van der Waals surface area contributed by atoms with Crippen LogP contribution in [0.5, 0.6) is 0 Å². The van der Waals surface area contributed by atoms with Crippen LogP contribution in [0.3, 0.4) is 0 Å². The van der Waals surface area contributed by atoms with Crippen molar-refractivity contribution in [1.82, 2.24) is 4.90 Å². The number of halogens is 1. The third kappa shape index (κ3) is 3.55. The highest BCUT2D eigenvalue weighted by molar-refractivity contribution is 9.10. The molecule has 1 aliphatic heterocycles. The number of benzene rings is 1. The molecular weight excluding hydrogens is 328 g/mol. The second-order valence-corrected chi connectivity index (χ2v) is 5.86. The van der Waals surface area contributed by atoms with Crippen molar-refractivity contribution < 1.29 is 14.8 Å². The van der Waals surface area contributed by atoms with Crippen LogP contribution in [-0.4, -0.2) is 34.0 Å². The number of nitro benzene ring substituents is 1. The molecule has 20 heavy (non-hydrogen) atoms. The van der Waals surface area contributed by atoms with E-state index in [9.17, 15) is 14.9 Å². The lowest BCUT2D eigenvalue weighted by Crippen LogP contribution is -2.38. The Kier molecular flexibility index (Phi) is 4.72. The molecule has 0 saturated carbocycles. The van der Waals surface area contributed by atoms with Gasteiger partial charge in [0.15, 0.2) is 0 Å². The van der Waals surface area contributed by atoms with Crippen molar-refractivity contribution in [3.05, 3.63) is 38.3 Å². The van der Waals surface area contributed by atoms with Crippen LogP contribution >= 0.6 is 15.9 Å². The Balaban J connectivity index is 2.13. The molecule has 1 saturated heterocycles. The van der Waals surface area contributed by atoms with E-state index in [1.54, 1.807) is 12.1 Å². The Hall–Kier alpha value is -1.47. The van der Waals surface area contributed by atoms with E-state index in [-0.39, 0.29) is 11.6 Å². The predicted octanol–water partition coefficient (Wildman–Crippen LogP) is 2.65. The van der Waals surface area contributed by atoms with Crippen molar-refractivity contribution in [2.45, 2.75) is 19.4 Å². The summed E-state index contributed by atoms with van der Waals surface area (Å²) in [4.78, 5) is 23.7. The van der Waals surface area contributed by atoms with Gasteiger partial charge in [0.05, 0.1) is 10.8 Å². The molecule has 0 aromatic heterocycles. The molecule has 0 amide bonds. The fourth-order valence-corrected chi connectivity index (χ4v) is 2.83. The van der Waals surface area contributed by atoms with E-state index in [1.807, 2.05) is 4.90 Å². The third-order valence-corrected chi connectivity index (χ3v) is 3.99. The lowest BCUT2D eigenvalue weighted by molar-refractivity contribution is -0.385. The van der Waals surface area contributed by atoms with Gasteiger partial charge in [-0.1, -0.05) is 15.9 Å². The van der Waals surface area contributed by atoms with Crippen molar-refractivity contribution in [3.63, 3.8) is 0 Å². The second kappa shape index (κ2) is 6.32. The van der Waals surface area contributed by atoms with Gasteiger partial charge in [-0.3, -0.25) is 19.8 Å². The summed E-state index contributed by atoms with van der Waals surface area (Å²) in [5.41, 5.74) is 0.682. The third-order valence-electron chi connectivity index (χ3n) is 3.49. The van der Waals surface area contributed by atoms with Gasteiger partial charge in [-0.15, -0.1) is 0 Å². The van der Waals surface area contributed by atoms with Gasteiger partial charge >= 0.3 is 5.97 Å². The van der Waals surface area contributed by atoms with Crippen LogP contribution in [0.15, 0.2) is 22.7 Å². The number of carboxylic acid groups (broad SMARTS) is 1. The Morgan fingerprint density at radius 1 is 1.55 bits per heavy atom.